The fraction of sp³-hybridized carbons (Fsp3) is 0.154. The molecule has 7 heteroatoms. The normalized spacial score (nSPS) is 10.3. The van der Waals surface area contributed by atoms with Gasteiger partial charge >= 0.3 is 5.97 Å². The summed E-state index contributed by atoms with van der Waals surface area (Å²) in [7, 11) is 0. The van der Waals surface area contributed by atoms with Crippen molar-refractivity contribution >= 4 is 44.3 Å². The monoisotopic (exact) mass is 354 g/mol. The smallest absolute Gasteiger partial charge is 0.309 e. The van der Waals surface area contributed by atoms with E-state index in [2.05, 4.69) is 26.2 Å². The van der Waals surface area contributed by atoms with Crippen LogP contribution in [-0.4, -0.2) is 22.0 Å². The van der Waals surface area contributed by atoms with Gasteiger partial charge in [-0.3, -0.25) is 14.9 Å². The first-order valence-electron chi connectivity index (χ1n) is 5.69. The zero-order chi connectivity index (χ0) is 14.7. The molecule has 0 aliphatic rings. The molecule has 1 amide bonds. The van der Waals surface area contributed by atoms with Gasteiger partial charge in [0.25, 0.3) is 5.91 Å². The maximum atomic E-state index is 12.1. The van der Waals surface area contributed by atoms with E-state index in [0.717, 1.165) is 10.0 Å². The van der Waals surface area contributed by atoms with Crippen molar-refractivity contribution in [1.29, 1.82) is 0 Å². The average Bonchev–Trinajstić information content (AvgIpc) is 2.74. The molecule has 1 aromatic carbocycles. The predicted octanol–water partition coefficient (Wildman–Crippen LogP) is 3.09. The van der Waals surface area contributed by atoms with Gasteiger partial charge in [0.1, 0.15) is 0 Å². The van der Waals surface area contributed by atoms with Gasteiger partial charge in [0.05, 0.1) is 12.1 Å². The number of nitrogens with zero attached hydrogens (tertiary/aromatic N) is 1. The number of rotatable bonds is 4. The number of carboxylic acid groups (broad SMARTS) is 1. The van der Waals surface area contributed by atoms with Crippen LogP contribution in [0.25, 0.3) is 0 Å². The summed E-state index contributed by atoms with van der Waals surface area (Å²) >= 11 is 4.54. The Balaban J connectivity index is 2.11. The first kappa shape index (κ1) is 14.7. The molecule has 5 nitrogen and oxygen atoms in total. The number of anilines is 1. The van der Waals surface area contributed by atoms with Gasteiger partial charge in [-0.05, 0) is 30.7 Å². The van der Waals surface area contributed by atoms with Crippen LogP contribution in [-0.2, 0) is 11.2 Å². The molecule has 2 N–H and O–H groups in total. The van der Waals surface area contributed by atoms with Crippen LogP contribution in [0.2, 0.25) is 0 Å². The summed E-state index contributed by atoms with van der Waals surface area (Å²) in [6.45, 7) is 1.90. The first-order chi connectivity index (χ1) is 9.44. The maximum Gasteiger partial charge on any atom is 0.309 e. The van der Waals surface area contributed by atoms with E-state index in [4.69, 9.17) is 5.11 Å². The molecule has 0 fully saturated rings. The standard InChI is InChI=1S/C13H11BrN2O3S/c1-7-2-8(4-9(14)3-7)12(19)16-13-15-10(6-20-13)5-11(17)18/h2-4,6H,5H2,1H3,(H,17,18)(H,15,16,19). The summed E-state index contributed by atoms with van der Waals surface area (Å²) in [6, 6.07) is 5.39. The molecular weight excluding hydrogens is 344 g/mol. The van der Waals surface area contributed by atoms with Crippen molar-refractivity contribution in [2.75, 3.05) is 5.32 Å². The van der Waals surface area contributed by atoms with E-state index in [9.17, 15) is 9.59 Å². The minimum Gasteiger partial charge on any atom is -0.481 e. The highest BCUT2D eigenvalue weighted by molar-refractivity contribution is 9.10. The number of carbonyl (C=O) groups is 2. The Kier molecular flexibility index (Phi) is 4.51. The van der Waals surface area contributed by atoms with Gasteiger partial charge in [0.2, 0.25) is 0 Å². The number of aliphatic carboxylic acids is 1. The number of aromatic nitrogens is 1. The summed E-state index contributed by atoms with van der Waals surface area (Å²) in [6.07, 6.45) is -0.150. The van der Waals surface area contributed by atoms with Crippen molar-refractivity contribution in [1.82, 2.24) is 4.98 Å². The van der Waals surface area contributed by atoms with Crippen LogP contribution in [0.3, 0.4) is 0 Å². The van der Waals surface area contributed by atoms with Crippen LogP contribution in [0.5, 0.6) is 0 Å². The average molecular weight is 355 g/mol. The Morgan fingerprint density at radius 2 is 2.15 bits per heavy atom. The fourth-order valence-corrected chi connectivity index (χ4v) is 2.95. The predicted molar refractivity (Wildman–Crippen MR) is 80.3 cm³/mol. The zero-order valence-corrected chi connectivity index (χ0v) is 12.9. The fourth-order valence-electron chi connectivity index (χ4n) is 1.64. The topological polar surface area (TPSA) is 79.3 Å². The van der Waals surface area contributed by atoms with Crippen molar-refractivity contribution in [2.45, 2.75) is 13.3 Å². The minimum absolute atomic E-state index is 0.150. The number of amides is 1. The molecule has 0 saturated heterocycles. The van der Waals surface area contributed by atoms with Gasteiger partial charge in [0, 0.05) is 15.4 Å². The Morgan fingerprint density at radius 1 is 1.40 bits per heavy atom. The highest BCUT2D eigenvalue weighted by Crippen LogP contribution is 2.19. The third-order valence-corrected chi connectivity index (χ3v) is 3.67. The van der Waals surface area contributed by atoms with Crippen LogP contribution in [0.4, 0.5) is 5.13 Å². The summed E-state index contributed by atoms with van der Waals surface area (Å²) in [5.41, 5.74) is 1.92. The third-order valence-electron chi connectivity index (χ3n) is 2.41. The first-order valence-corrected chi connectivity index (χ1v) is 7.36. The van der Waals surface area contributed by atoms with Gasteiger partial charge in [-0.2, -0.15) is 0 Å². The van der Waals surface area contributed by atoms with E-state index in [1.165, 1.54) is 11.3 Å². The van der Waals surface area contributed by atoms with Gasteiger partial charge < -0.3 is 5.11 Å². The molecular formula is C13H11BrN2O3S. The molecule has 2 rings (SSSR count). The Bertz CT molecular complexity index is 649. The molecule has 0 atom stereocenters. The number of halogens is 1. The molecule has 0 unspecified atom stereocenters. The summed E-state index contributed by atoms with van der Waals surface area (Å²) in [4.78, 5) is 26.7. The molecule has 104 valence electrons. The molecule has 0 saturated carbocycles. The Hall–Kier alpha value is -1.73. The Labute approximate surface area is 127 Å². The lowest BCUT2D eigenvalue weighted by Crippen LogP contribution is -2.12. The van der Waals surface area contributed by atoms with Crippen molar-refractivity contribution in [3.63, 3.8) is 0 Å². The summed E-state index contributed by atoms with van der Waals surface area (Å²) in [5.74, 6) is -1.22. The summed E-state index contributed by atoms with van der Waals surface area (Å²) in [5, 5.41) is 13.3. The lowest BCUT2D eigenvalue weighted by molar-refractivity contribution is -0.136. The number of thiazole rings is 1. The number of aryl methyl sites for hydroxylation is 1. The van der Waals surface area contributed by atoms with E-state index in [0.29, 0.717) is 16.4 Å². The number of hydrogen-bond acceptors (Lipinski definition) is 4. The number of hydrogen-bond donors (Lipinski definition) is 2. The SMILES string of the molecule is Cc1cc(Br)cc(C(=O)Nc2nc(CC(=O)O)cs2)c1. The van der Waals surface area contributed by atoms with Gasteiger partial charge in [-0.1, -0.05) is 15.9 Å². The van der Waals surface area contributed by atoms with E-state index < -0.39 is 5.97 Å². The quantitative estimate of drug-likeness (QED) is 0.883. The van der Waals surface area contributed by atoms with Gasteiger partial charge in [-0.25, -0.2) is 4.98 Å². The maximum absolute atomic E-state index is 12.1. The third kappa shape index (κ3) is 3.88. The molecule has 0 radical (unpaired) electrons. The van der Waals surface area contributed by atoms with Crippen molar-refractivity contribution < 1.29 is 14.7 Å². The minimum atomic E-state index is -0.948. The van der Waals surface area contributed by atoms with Crippen LogP contribution >= 0.6 is 27.3 Å². The molecule has 0 aliphatic carbocycles. The molecule has 1 heterocycles. The number of nitrogens with one attached hydrogen (secondary N) is 1. The Morgan fingerprint density at radius 3 is 2.80 bits per heavy atom. The number of benzene rings is 1. The second kappa shape index (κ2) is 6.15. The van der Waals surface area contributed by atoms with E-state index >= 15 is 0 Å². The molecule has 0 spiro atoms. The highest BCUT2D eigenvalue weighted by Gasteiger charge is 2.11. The van der Waals surface area contributed by atoms with Crippen LogP contribution < -0.4 is 5.32 Å². The van der Waals surface area contributed by atoms with Gasteiger partial charge in [-0.15, -0.1) is 11.3 Å². The van der Waals surface area contributed by atoms with E-state index in [1.54, 1.807) is 17.5 Å². The second-order valence-corrected chi connectivity index (χ2v) is 5.96. The van der Waals surface area contributed by atoms with Crippen molar-refractivity contribution in [3.05, 3.63) is 44.9 Å². The molecule has 2 aromatic rings. The van der Waals surface area contributed by atoms with Crippen LogP contribution in [0, 0.1) is 6.92 Å². The highest BCUT2D eigenvalue weighted by atomic mass is 79.9. The van der Waals surface area contributed by atoms with Crippen LogP contribution in [0.1, 0.15) is 21.6 Å². The second-order valence-electron chi connectivity index (χ2n) is 4.19. The molecule has 1 aromatic heterocycles. The lowest BCUT2D eigenvalue weighted by atomic mass is 10.1. The largest absolute Gasteiger partial charge is 0.481 e. The lowest BCUT2D eigenvalue weighted by Gasteiger charge is -2.04. The molecule has 20 heavy (non-hydrogen) atoms. The number of carbonyl (C=O) groups excluding carboxylic acids is 1. The number of carboxylic acids is 1. The van der Waals surface area contributed by atoms with Crippen molar-refractivity contribution in [2.24, 2.45) is 0 Å². The van der Waals surface area contributed by atoms with Gasteiger partial charge in [0.15, 0.2) is 5.13 Å². The molecule has 0 bridgehead atoms. The van der Waals surface area contributed by atoms with E-state index in [-0.39, 0.29) is 12.3 Å². The van der Waals surface area contributed by atoms with E-state index in [1.807, 2.05) is 13.0 Å². The van der Waals surface area contributed by atoms with Crippen LogP contribution in [0.15, 0.2) is 28.1 Å². The summed E-state index contributed by atoms with van der Waals surface area (Å²) < 4.78 is 0.827. The van der Waals surface area contributed by atoms with Crippen molar-refractivity contribution in [3.8, 4) is 0 Å². The molecule has 0 aliphatic heterocycles. The zero-order valence-electron chi connectivity index (χ0n) is 10.5.